The largest absolute Gasteiger partial charge is 0.127 e. The van der Waals surface area contributed by atoms with Crippen molar-refractivity contribution in [2.75, 3.05) is 5.88 Å². The van der Waals surface area contributed by atoms with Crippen molar-refractivity contribution >= 4 is 46.4 Å². The van der Waals surface area contributed by atoms with Crippen LogP contribution < -0.4 is 0 Å². The number of allylic oxidation sites excluding steroid dienone is 1. The summed E-state index contributed by atoms with van der Waals surface area (Å²) >= 11 is 22.3. The highest BCUT2D eigenvalue weighted by Crippen LogP contribution is 2.30. The van der Waals surface area contributed by atoms with E-state index in [0.717, 1.165) is 0 Å². The molecule has 0 atom stereocenters. The van der Waals surface area contributed by atoms with E-state index in [9.17, 15) is 0 Å². The Labute approximate surface area is 81.1 Å². The van der Waals surface area contributed by atoms with Gasteiger partial charge in [-0.2, -0.15) is 0 Å². The minimum Gasteiger partial charge on any atom is -0.127 e. The van der Waals surface area contributed by atoms with Gasteiger partial charge >= 0.3 is 0 Å². The molecule has 0 heterocycles. The maximum atomic E-state index is 5.79. The van der Waals surface area contributed by atoms with Crippen LogP contribution >= 0.6 is 46.4 Å². The van der Waals surface area contributed by atoms with Gasteiger partial charge in [0.2, 0.25) is 0 Å². The second-order valence-electron chi connectivity index (χ2n) is 1.86. The molecule has 0 aromatic rings. The van der Waals surface area contributed by atoms with E-state index in [4.69, 9.17) is 46.4 Å². The van der Waals surface area contributed by atoms with Crippen LogP contribution in [0.15, 0.2) is 11.6 Å². The summed E-state index contributed by atoms with van der Waals surface area (Å²) in [7, 11) is 0. The van der Waals surface area contributed by atoms with Crippen molar-refractivity contribution in [2.24, 2.45) is 0 Å². The molecule has 0 fully saturated rings. The SMILES string of the molecule is ClC=CCC(Cl)(Cl)CCCl. The van der Waals surface area contributed by atoms with Crippen molar-refractivity contribution in [3.05, 3.63) is 11.6 Å². The van der Waals surface area contributed by atoms with Gasteiger partial charge in [-0.25, -0.2) is 0 Å². The van der Waals surface area contributed by atoms with Gasteiger partial charge in [0.15, 0.2) is 0 Å². The zero-order valence-electron chi connectivity index (χ0n) is 5.29. The molecule has 0 aliphatic heterocycles. The van der Waals surface area contributed by atoms with Gasteiger partial charge < -0.3 is 0 Å². The summed E-state index contributed by atoms with van der Waals surface area (Å²) in [6, 6.07) is 0. The minimum absolute atomic E-state index is 0.461. The van der Waals surface area contributed by atoms with Crippen LogP contribution in [-0.4, -0.2) is 10.2 Å². The Bertz CT molecular complexity index is 108. The van der Waals surface area contributed by atoms with Crippen LogP contribution in [0.4, 0.5) is 0 Å². The highest BCUT2D eigenvalue weighted by molar-refractivity contribution is 6.48. The summed E-state index contributed by atoms with van der Waals surface area (Å²) < 4.78 is -0.757. The number of rotatable bonds is 4. The monoisotopic (exact) mass is 220 g/mol. The molecule has 10 heavy (non-hydrogen) atoms. The molecule has 0 saturated carbocycles. The van der Waals surface area contributed by atoms with E-state index in [1.807, 2.05) is 0 Å². The normalized spacial score (nSPS) is 12.8. The van der Waals surface area contributed by atoms with Crippen LogP contribution in [0.3, 0.4) is 0 Å². The Hall–Kier alpha value is 0.900. The first-order valence-corrected chi connectivity index (χ1v) is 4.54. The number of alkyl halides is 3. The molecular weight excluding hydrogens is 214 g/mol. The fraction of sp³-hybridized carbons (Fsp3) is 0.667. The fourth-order valence-corrected chi connectivity index (χ4v) is 1.43. The average Bonchev–Trinajstić information content (AvgIpc) is 1.84. The van der Waals surface area contributed by atoms with Crippen molar-refractivity contribution in [1.29, 1.82) is 0 Å². The van der Waals surface area contributed by atoms with Gasteiger partial charge in [-0.3, -0.25) is 0 Å². The van der Waals surface area contributed by atoms with E-state index in [1.54, 1.807) is 6.08 Å². The zero-order chi connectivity index (χ0) is 8.04. The Morgan fingerprint density at radius 1 is 1.30 bits per heavy atom. The molecule has 0 unspecified atom stereocenters. The zero-order valence-corrected chi connectivity index (χ0v) is 8.31. The lowest BCUT2D eigenvalue weighted by atomic mass is 10.2. The van der Waals surface area contributed by atoms with Crippen LogP contribution in [0.25, 0.3) is 0 Å². The highest BCUT2D eigenvalue weighted by Gasteiger charge is 2.20. The molecule has 0 N–H and O–H groups in total. The molecule has 0 spiro atoms. The Morgan fingerprint density at radius 3 is 2.30 bits per heavy atom. The molecule has 4 heteroatoms. The number of hydrogen-bond acceptors (Lipinski definition) is 0. The van der Waals surface area contributed by atoms with E-state index >= 15 is 0 Å². The van der Waals surface area contributed by atoms with E-state index < -0.39 is 4.33 Å². The van der Waals surface area contributed by atoms with E-state index in [0.29, 0.717) is 18.7 Å². The van der Waals surface area contributed by atoms with E-state index in [-0.39, 0.29) is 0 Å². The Balaban J connectivity index is 3.62. The second kappa shape index (κ2) is 5.54. The predicted molar refractivity (Wildman–Crippen MR) is 49.4 cm³/mol. The fourth-order valence-electron chi connectivity index (χ4n) is 0.457. The van der Waals surface area contributed by atoms with Crippen molar-refractivity contribution in [3.8, 4) is 0 Å². The first-order valence-electron chi connectivity index (χ1n) is 2.81. The topological polar surface area (TPSA) is 0 Å². The van der Waals surface area contributed by atoms with Gasteiger partial charge in [0.1, 0.15) is 4.33 Å². The quantitative estimate of drug-likeness (QED) is 0.632. The van der Waals surface area contributed by atoms with Gasteiger partial charge in [-0.1, -0.05) is 17.7 Å². The third kappa shape index (κ3) is 5.67. The second-order valence-corrected chi connectivity index (χ2v) is 4.13. The number of halogens is 4. The molecule has 0 rings (SSSR count). The maximum absolute atomic E-state index is 5.79. The number of hydrogen-bond donors (Lipinski definition) is 0. The minimum atomic E-state index is -0.757. The highest BCUT2D eigenvalue weighted by atomic mass is 35.5. The molecule has 0 aliphatic rings. The van der Waals surface area contributed by atoms with Crippen molar-refractivity contribution < 1.29 is 0 Å². The third-order valence-electron chi connectivity index (χ3n) is 0.966. The van der Waals surface area contributed by atoms with Crippen LogP contribution in [0.5, 0.6) is 0 Å². The van der Waals surface area contributed by atoms with Crippen LogP contribution in [0, 0.1) is 0 Å². The summed E-state index contributed by atoms with van der Waals surface area (Å²) in [5.41, 5.74) is 1.40. The molecule has 0 saturated heterocycles. The first kappa shape index (κ1) is 10.9. The summed E-state index contributed by atoms with van der Waals surface area (Å²) in [5, 5.41) is 0. The van der Waals surface area contributed by atoms with E-state index in [2.05, 4.69) is 0 Å². The lowest BCUT2D eigenvalue weighted by molar-refractivity contribution is 0.759. The average molecular weight is 222 g/mol. The molecular formula is C6H8Cl4. The Morgan fingerprint density at radius 2 is 1.90 bits per heavy atom. The van der Waals surface area contributed by atoms with Gasteiger partial charge in [0.05, 0.1) is 0 Å². The van der Waals surface area contributed by atoms with E-state index in [1.165, 1.54) is 5.54 Å². The van der Waals surface area contributed by atoms with Gasteiger partial charge in [-0.05, 0) is 12.8 Å². The molecule has 0 amide bonds. The summed E-state index contributed by atoms with van der Waals surface area (Å²) in [4.78, 5) is 0. The molecule has 0 aromatic carbocycles. The van der Waals surface area contributed by atoms with Crippen molar-refractivity contribution in [2.45, 2.75) is 17.2 Å². The van der Waals surface area contributed by atoms with Crippen LogP contribution in [0.1, 0.15) is 12.8 Å². The lowest BCUT2D eigenvalue weighted by Gasteiger charge is -2.14. The molecule has 0 bridgehead atoms. The molecule has 0 aromatic heterocycles. The Kier molecular flexibility index (Phi) is 6.04. The van der Waals surface area contributed by atoms with Gasteiger partial charge in [-0.15, -0.1) is 34.8 Å². The predicted octanol–water partition coefficient (Wildman–Crippen LogP) is 3.93. The summed E-state index contributed by atoms with van der Waals surface area (Å²) in [5.74, 6) is 0.461. The van der Waals surface area contributed by atoms with Gasteiger partial charge in [0, 0.05) is 11.4 Å². The van der Waals surface area contributed by atoms with Crippen LogP contribution in [0.2, 0.25) is 0 Å². The molecule has 60 valence electrons. The first-order chi connectivity index (χ1) is 4.62. The standard InChI is InChI=1S/C6H8Cl4/c7-4-1-2-6(9,10)3-5-8/h1,4H,2-3,5H2. The molecule has 0 aliphatic carbocycles. The maximum Gasteiger partial charge on any atom is 0.122 e. The smallest absolute Gasteiger partial charge is 0.122 e. The van der Waals surface area contributed by atoms with Crippen molar-refractivity contribution in [1.82, 2.24) is 0 Å². The summed E-state index contributed by atoms with van der Waals surface area (Å²) in [6.07, 6.45) is 2.80. The summed E-state index contributed by atoms with van der Waals surface area (Å²) in [6.45, 7) is 0. The van der Waals surface area contributed by atoms with Gasteiger partial charge in [0.25, 0.3) is 0 Å². The molecule has 0 radical (unpaired) electrons. The lowest BCUT2D eigenvalue weighted by Crippen LogP contribution is -2.11. The third-order valence-corrected chi connectivity index (χ3v) is 2.02. The van der Waals surface area contributed by atoms with Crippen LogP contribution in [-0.2, 0) is 0 Å². The molecule has 0 nitrogen and oxygen atoms in total. The van der Waals surface area contributed by atoms with Crippen molar-refractivity contribution in [3.63, 3.8) is 0 Å².